The molecule has 2 fully saturated rings. The van der Waals surface area contributed by atoms with Gasteiger partial charge >= 0.3 is 0 Å². The zero-order chi connectivity index (χ0) is 30.4. The van der Waals surface area contributed by atoms with Gasteiger partial charge in [-0.15, -0.1) is 0 Å². The zero-order valence-electron chi connectivity index (χ0n) is 24.7. The van der Waals surface area contributed by atoms with E-state index in [9.17, 15) is 10.1 Å². The van der Waals surface area contributed by atoms with Crippen molar-refractivity contribution in [3.63, 3.8) is 0 Å². The summed E-state index contributed by atoms with van der Waals surface area (Å²) in [5.41, 5.74) is 5.09. The summed E-state index contributed by atoms with van der Waals surface area (Å²) in [6.45, 7) is 2.95. The smallest absolute Gasteiger partial charge is 0.253 e. The number of pyridine rings is 1. The van der Waals surface area contributed by atoms with Gasteiger partial charge in [0.15, 0.2) is 0 Å². The molecule has 10 heteroatoms. The van der Waals surface area contributed by atoms with Gasteiger partial charge in [0.25, 0.3) is 5.91 Å². The SMILES string of the molecule is N#CCC1(n2cc(-c3ncnc4[nH]ccc34)cn2)CN(C2CCN(C(=O)c3ccc(-c4cccc5cnccc45)cc3)CC2)C1. The number of nitriles is 1. The topological polar surface area (TPSA) is 120 Å². The highest BCUT2D eigenvalue weighted by Gasteiger charge is 2.48. The second kappa shape index (κ2) is 10.9. The van der Waals surface area contributed by atoms with E-state index in [2.05, 4.69) is 43.0 Å². The van der Waals surface area contributed by atoms with E-state index < -0.39 is 0 Å². The van der Waals surface area contributed by atoms with Gasteiger partial charge < -0.3 is 9.88 Å². The first-order valence-corrected chi connectivity index (χ1v) is 15.3. The first-order chi connectivity index (χ1) is 22.1. The molecule has 1 amide bonds. The molecule has 4 aromatic heterocycles. The predicted octanol–water partition coefficient (Wildman–Crippen LogP) is 5.27. The molecule has 2 aliphatic rings. The standard InChI is InChI=1S/C35H31N9O/c36-13-12-35(44-20-27(19-41-44)32-31-9-15-38-33(31)40-23-39-32)21-43(22-35)28-10-16-42(17-11-28)34(45)25-6-4-24(5-7-25)29-3-1-2-26-18-37-14-8-30(26)29/h1-9,14-15,18-20,23,28H,10-12,16-17,21-22H2,(H,38,39,40). The predicted molar refractivity (Wildman–Crippen MR) is 171 cm³/mol. The summed E-state index contributed by atoms with van der Waals surface area (Å²) in [6, 6.07) is 20.9. The number of amides is 1. The van der Waals surface area contributed by atoms with Gasteiger partial charge in [-0.1, -0.05) is 30.3 Å². The number of benzene rings is 2. The second-order valence-corrected chi connectivity index (χ2v) is 12.1. The molecule has 0 aliphatic carbocycles. The highest BCUT2D eigenvalue weighted by molar-refractivity contribution is 5.98. The van der Waals surface area contributed by atoms with E-state index in [1.807, 2.05) is 83.0 Å². The molecule has 222 valence electrons. The highest BCUT2D eigenvalue weighted by Crippen LogP contribution is 2.37. The lowest BCUT2D eigenvalue weighted by Gasteiger charge is -2.53. The number of nitrogens with one attached hydrogen (secondary N) is 1. The number of hydrogen-bond donors (Lipinski definition) is 1. The van der Waals surface area contributed by atoms with Crippen LogP contribution in [-0.4, -0.2) is 77.6 Å². The summed E-state index contributed by atoms with van der Waals surface area (Å²) in [4.78, 5) is 34.0. The molecule has 2 saturated heterocycles. The van der Waals surface area contributed by atoms with Crippen LogP contribution in [-0.2, 0) is 5.54 Å². The van der Waals surface area contributed by atoms with Crippen molar-refractivity contribution in [2.45, 2.75) is 30.8 Å². The third kappa shape index (κ3) is 4.73. The van der Waals surface area contributed by atoms with Gasteiger partial charge in [0.05, 0.1) is 24.4 Å². The molecule has 2 aliphatic heterocycles. The molecule has 10 nitrogen and oxygen atoms in total. The van der Waals surface area contributed by atoms with Crippen LogP contribution in [0.15, 0.2) is 91.9 Å². The number of carbonyl (C=O) groups excluding carboxylic acids is 1. The molecule has 0 saturated carbocycles. The number of aromatic amines is 1. The van der Waals surface area contributed by atoms with Gasteiger partial charge in [-0.3, -0.25) is 19.4 Å². The molecular weight excluding hydrogens is 562 g/mol. The Balaban J connectivity index is 0.911. The molecule has 45 heavy (non-hydrogen) atoms. The molecule has 2 aromatic carbocycles. The average Bonchev–Trinajstić information content (AvgIpc) is 3.77. The van der Waals surface area contributed by atoms with Crippen LogP contribution in [0.4, 0.5) is 0 Å². The van der Waals surface area contributed by atoms with E-state index in [-0.39, 0.29) is 11.4 Å². The van der Waals surface area contributed by atoms with Crippen LogP contribution in [0.3, 0.4) is 0 Å². The molecule has 0 bridgehead atoms. The van der Waals surface area contributed by atoms with Gasteiger partial charge in [-0.05, 0) is 53.6 Å². The number of aromatic nitrogens is 6. The van der Waals surface area contributed by atoms with Crippen molar-refractivity contribution in [2.75, 3.05) is 26.2 Å². The molecule has 0 radical (unpaired) electrons. The number of H-pyrrole nitrogens is 1. The van der Waals surface area contributed by atoms with E-state index in [0.717, 1.165) is 83.2 Å². The fourth-order valence-electron chi connectivity index (χ4n) is 7.04. The molecule has 1 N–H and O–H groups in total. The monoisotopic (exact) mass is 593 g/mol. The maximum Gasteiger partial charge on any atom is 0.253 e. The van der Waals surface area contributed by atoms with Crippen LogP contribution in [0.5, 0.6) is 0 Å². The van der Waals surface area contributed by atoms with Crippen molar-refractivity contribution < 1.29 is 4.79 Å². The van der Waals surface area contributed by atoms with Crippen molar-refractivity contribution in [3.05, 3.63) is 97.5 Å². The lowest BCUT2D eigenvalue weighted by Crippen LogP contribution is -2.66. The highest BCUT2D eigenvalue weighted by atomic mass is 16.2. The number of hydrogen-bond acceptors (Lipinski definition) is 7. The third-order valence-electron chi connectivity index (χ3n) is 9.49. The number of rotatable bonds is 6. The molecule has 0 spiro atoms. The first-order valence-electron chi connectivity index (χ1n) is 15.3. The van der Waals surface area contributed by atoms with E-state index in [1.54, 1.807) is 6.33 Å². The fraction of sp³-hybridized carbons (Fsp3) is 0.257. The summed E-state index contributed by atoms with van der Waals surface area (Å²) in [6.07, 6.45) is 13.1. The van der Waals surface area contributed by atoms with E-state index in [1.165, 1.54) is 0 Å². The second-order valence-electron chi connectivity index (χ2n) is 12.1. The summed E-state index contributed by atoms with van der Waals surface area (Å²) in [5, 5.41) is 17.6. The maximum absolute atomic E-state index is 13.4. The van der Waals surface area contributed by atoms with Gasteiger partial charge in [0.1, 0.15) is 17.5 Å². The summed E-state index contributed by atoms with van der Waals surface area (Å²) >= 11 is 0. The van der Waals surface area contributed by atoms with Gasteiger partial charge in [-0.25, -0.2) is 9.97 Å². The van der Waals surface area contributed by atoms with Crippen LogP contribution in [0.2, 0.25) is 0 Å². The van der Waals surface area contributed by atoms with Crippen LogP contribution >= 0.6 is 0 Å². The Morgan fingerprint density at radius 1 is 0.978 bits per heavy atom. The lowest BCUT2D eigenvalue weighted by molar-refractivity contribution is -0.0412. The molecule has 0 unspecified atom stereocenters. The summed E-state index contributed by atoms with van der Waals surface area (Å²) in [7, 11) is 0. The lowest BCUT2D eigenvalue weighted by atomic mass is 9.83. The minimum absolute atomic E-state index is 0.0786. The normalized spacial score (nSPS) is 16.9. The Hall–Kier alpha value is -5.40. The molecular formula is C35H31N9O. The number of carbonyl (C=O) groups is 1. The summed E-state index contributed by atoms with van der Waals surface area (Å²) in [5.74, 6) is 0.0786. The van der Waals surface area contributed by atoms with Crippen molar-refractivity contribution in [1.29, 1.82) is 5.26 Å². The van der Waals surface area contributed by atoms with Gasteiger partial charge in [0, 0.05) is 78.9 Å². The molecule has 6 aromatic rings. The number of fused-ring (bicyclic) bond motifs is 2. The molecule has 6 heterocycles. The van der Waals surface area contributed by atoms with E-state index in [0.29, 0.717) is 18.0 Å². The minimum Gasteiger partial charge on any atom is -0.346 e. The quantitative estimate of drug-likeness (QED) is 0.280. The van der Waals surface area contributed by atoms with Gasteiger partial charge in [-0.2, -0.15) is 10.4 Å². The average molecular weight is 594 g/mol. The van der Waals surface area contributed by atoms with Crippen LogP contribution < -0.4 is 0 Å². The van der Waals surface area contributed by atoms with Crippen LogP contribution in [0.1, 0.15) is 29.6 Å². The van der Waals surface area contributed by atoms with E-state index >= 15 is 0 Å². The zero-order valence-corrected chi connectivity index (χ0v) is 24.7. The Kier molecular flexibility index (Phi) is 6.61. The fourth-order valence-corrected chi connectivity index (χ4v) is 7.04. The Labute approximate surface area is 260 Å². The van der Waals surface area contributed by atoms with Gasteiger partial charge in [0.2, 0.25) is 0 Å². The number of nitrogens with zero attached hydrogens (tertiary/aromatic N) is 8. The maximum atomic E-state index is 13.4. The van der Waals surface area contributed by atoms with E-state index in [4.69, 9.17) is 5.10 Å². The summed E-state index contributed by atoms with van der Waals surface area (Å²) < 4.78 is 1.96. The number of likely N-dealkylation sites (tertiary alicyclic amines) is 2. The van der Waals surface area contributed by atoms with Crippen LogP contribution in [0, 0.1) is 11.3 Å². The van der Waals surface area contributed by atoms with Crippen molar-refractivity contribution in [2.24, 2.45) is 0 Å². The first kappa shape index (κ1) is 27.2. The van der Waals surface area contributed by atoms with Crippen molar-refractivity contribution in [1.82, 2.24) is 39.5 Å². The van der Waals surface area contributed by atoms with Crippen molar-refractivity contribution in [3.8, 4) is 28.5 Å². The Bertz CT molecular complexity index is 2050. The molecule has 8 rings (SSSR count). The third-order valence-corrected chi connectivity index (χ3v) is 9.49. The minimum atomic E-state index is -0.368. The largest absolute Gasteiger partial charge is 0.346 e. The Morgan fingerprint density at radius 3 is 2.64 bits per heavy atom. The van der Waals surface area contributed by atoms with Crippen LogP contribution in [0.25, 0.3) is 44.2 Å². The molecule has 0 atom stereocenters. The number of piperidine rings is 1. The van der Waals surface area contributed by atoms with Crippen molar-refractivity contribution >= 4 is 27.7 Å². The Morgan fingerprint density at radius 2 is 1.82 bits per heavy atom.